The summed E-state index contributed by atoms with van der Waals surface area (Å²) >= 11 is 0. The van der Waals surface area contributed by atoms with Gasteiger partial charge in [-0.3, -0.25) is 4.79 Å². The van der Waals surface area contributed by atoms with Gasteiger partial charge in [0.15, 0.2) is 18.2 Å². The standard InChI is InChI=1S/C26H28O15/c27-7-15-18(33)20(35)21(36)25(39-15)41-24-17(32)13(31)8-37-26(24)40-23-19(34)16-12(30)5-11(29)6-14(16)38-22(23)9-1-3-10(28)4-2-9/h1-6,13,15,17-18,20-21,24-33,35-36H,7-8H2/t13-,15+,17+,18+,20-,21+,24-,25-,26-/m0/s1. The molecule has 15 nitrogen and oxygen atoms in total. The molecule has 2 aliphatic heterocycles. The highest BCUT2D eigenvalue weighted by Crippen LogP contribution is 2.37. The smallest absolute Gasteiger partial charge is 0.239 e. The number of phenolic OH excluding ortho intramolecular Hbond substituents is 3. The average Bonchev–Trinajstić information content (AvgIpc) is 2.93. The van der Waals surface area contributed by atoms with E-state index in [1.54, 1.807) is 0 Å². The number of ether oxygens (including phenoxy) is 4. The van der Waals surface area contributed by atoms with E-state index in [1.807, 2.05) is 0 Å². The predicted octanol–water partition coefficient (Wildman–Crippen LogP) is -1.78. The van der Waals surface area contributed by atoms with Crippen LogP contribution in [0.4, 0.5) is 0 Å². The fraction of sp³-hybridized carbons (Fsp3) is 0.423. The van der Waals surface area contributed by atoms with Gasteiger partial charge in [0.2, 0.25) is 17.5 Å². The second kappa shape index (κ2) is 11.4. The number of aliphatic hydroxyl groups is 6. The topological polar surface area (TPSA) is 249 Å². The summed E-state index contributed by atoms with van der Waals surface area (Å²) in [4.78, 5) is 13.6. The minimum atomic E-state index is -1.87. The number of aromatic hydroxyl groups is 3. The zero-order valence-corrected chi connectivity index (χ0v) is 21.0. The van der Waals surface area contributed by atoms with Gasteiger partial charge in [-0.25, -0.2) is 0 Å². The SMILES string of the molecule is O=c1c(O[C@@H]2OC[C@H](O)[C@@H](O)[C@@H]2O[C@@H]2O[C@H](CO)[C@@H](O)[C@H](O)[C@H]2O)c(-c2ccc(O)cc2)oc2cc(O)cc(O)c12. The van der Waals surface area contributed by atoms with E-state index < -0.39 is 91.2 Å². The fourth-order valence-electron chi connectivity index (χ4n) is 4.64. The Morgan fingerprint density at radius 3 is 2.24 bits per heavy atom. The van der Waals surface area contributed by atoms with Crippen molar-refractivity contribution in [2.24, 2.45) is 0 Å². The molecule has 15 heteroatoms. The van der Waals surface area contributed by atoms with E-state index >= 15 is 0 Å². The molecule has 5 rings (SSSR count). The Hall–Kier alpha value is -3.51. The highest BCUT2D eigenvalue weighted by atomic mass is 16.8. The van der Waals surface area contributed by atoms with E-state index in [1.165, 1.54) is 24.3 Å². The molecule has 0 unspecified atom stereocenters. The maximum absolute atomic E-state index is 13.6. The number of hydrogen-bond donors (Lipinski definition) is 9. The molecule has 3 aromatic rings. The third-order valence-electron chi connectivity index (χ3n) is 6.85. The lowest BCUT2D eigenvalue weighted by Gasteiger charge is -2.44. The Labute approximate surface area is 230 Å². The molecule has 41 heavy (non-hydrogen) atoms. The molecule has 0 aliphatic carbocycles. The van der Waals surface area contributed by atoms with Gasteiger partial charge in [-0.15, -0.1) is 0 Å². The van der Waals surface area contributed by atoms with Crippen molar-refractivity contribution in [2.45, 2.75) is 55.3 Å². The Morgan fingerprint density at radius 2 is 1.56 bits per heavy atom. The minimum Gasteiger partial charge on any atom is -0.508 e. The summed E-state index contributed by atoms with van der Waals surface area (Å²) in [5, 5.41) is 90.7. The Bertz CT molecular complexity index is 1440. The quantitative estimate of drug-likeness (QED) is 0.156. The van der Waals surface area contributed by atoms with Crippen LogP contribution in [0.25, 0.3) is 22.3 Å². The van der Waals surface area contributed by atoms with Crippen molar-refractivity contribution in [3.05, 3.63) is 46.6 Å². The Kier molecular flexibility index (Phi) is 8.06. The summed E-state index contributed by atoms with van der Waals surface area (Å²) in [6.45, 7) is -1.25. The van der Waals surface area contributed by atoms with Gasteiger partial charge in [-0.1, -0.05) is 0 Å². The van der Waals surface area contributed by atoms with Gasteiger partial charge >= 0.3 is 0 Å². The van der Waals surface area contributed by atoms with Crippen molar-refractivity contribution < 1.29 is 69.3 Å². The van der Waals surface area contributed by atoms with Crippen LogP contribution in [0.1, 0.15) is 0 Å². The van der Waals surface area contributed by atoms with Crippen LogP contribution in [0.15, 0.2) is 45.6 Å². The number of phenols is 3. The third-order valence-corrected chi connectivity index (χ3v) is 6.85. The van der Waals surface area contributed by atoms with Crippen LogP contribution in [0.2, 0.25) is 0 Å². The maximum Gasteiger partial charge on any atom is 0.239 e. The molecule has 2 saturated heterocycles. The molecule has 0 radical (unpaired) electrons. The number of rotatable bonds is 6. The molecule has 9 N–H and O–H groups in total. The van der Waals surface area contributed by atoms with Gasteiger partial charge in [0.05, 0.1) is 13.2 Å². The summed E-state index contributed by atoms with van der Waals surface area (Å²) in [5.41, 5.74) is -0.929. The molecule has 2 aromatic carbocycles. The summed E-state index contributed by atoms with van der Waals surface area (Å²) in [5.74, 6) is -1.92. The molecule has 2 aliphatic rings. The van der Waals surface area contributed by atoms with E-state index in [0.717, 1.165) is 12.1 Å². The van der Waals surface area contributed by atoms with Crippen LogP contribution in [0.5, 0.6) is 23.0 Å². The summed E-state index contributed by atoms with van der Waals surface area (Å²) in [6.07, 6.45) is -15.2. The number of benzene rings is 2. The average molecular weight is 580 g/mol. The monoisotopic (exact) mass is 580 g/mol. The number of hydrogen-bond acceptors (Lipinski definition) is 15. The first-order chi connectivity index (χ1) is 19.5. The number of aliphatic hydroxyl groups excluding tert-OH is 6. The van der Waals surface area contributed by atoms with Gasteiger partial charge in [-0.2, -0.15) is 0 Å². The van der Waals surface area contributed by atoms with Gasteiger partial charge in [0.25, 0.3) is 0 Å². The van der Waals surface area contributed by atoms with Crippen LogP contribution in [0.3, 0.4) is 0 Å². The van der Waals surface area contributed by atoms with E-state index in [2.05, 4.69) is 0 Å². The molecule has 9 atom stereocenters. The van der Waals surface area contributed by atoms with Crippen molar-refractivity contribution >= 4 is 11.0 Å². The van der Waals surface area contributed by atoms with Crippen LogP contribution in [-0.2, 0) is 14.2 Å². The van der Waals surface area contributed by atoms with E-state index in [0.29, 0.717) is 0 Å². The van der Waals surface area contributed by atoms with Crippen molar-refractivity contribution in [2.75, 3.05) is 13.2 Å². The lowest BCUT2D eigenvalue weighted by atomic mass is 9.99. The van der Waals surface area contributed by atoms with Crippen molar-refractivity contribution in [3.8, 4) is 34.3 Å². The lowest BCUT2D eigenvalue weighted by Crippen LogP contribution is -2.63. The van der Waals surface area contributed by atoms with Gasteiger partial charge in [0.1, 0.15) is 64.8 Å². The number of fused-ring (bicyclic) bond motifs is 1. The van der Waals surface area contributed by atoms with E-state index in [4.69, 9.17) is 23.4 Å². The van der Waals surface area contributed by atoms with Gasteiger partial charge < -0.3 is 69.3 Å². The first-order valence-corrected chi connectivity index (χ1v) is 12.4. The van der Waals surface area contributed by atoms with Crippen LogP contribution >= 0.6 is 0 Å². The van der Waals surface area contributed by atoms with Crippen molar-refractivity contribution in [1.82, 2.24) is 0 Å². The maximum atomic E-state index is 13.6. The molecular formula is C26H28O15. The van der Waals surface area contributed by atoms with E-state index in [9.17, 15) is 50.8 Å². The lowest BCUT2D eigenvalue weighted by molar-refractivity contribution is -0.348. The van der Waals surface area contributed by atoms with Crippen LogP contribution in [-0.4, -0.2) is 114 Å². The highest BCUT2D eigenvalue weighted by molar-refractivity contribution is 5.88. The summed E-state index contributed by atoms with van der Waals surface area (Å²) in [6, 6.07) is 7.36. The molecule has 1 aromatic heterocycles. The fourth-order valence-corrected chi connectivity index (χ4v) is 4.64. The van der Waals surface area contributed by atoms with E-state index in [-0.39, 0.29) is 28.0 Å². The first kappa shape index (κ1) is 29.0. The molecular weight excluding hydrogens is 552 g/mol. The molecule has 222 valence electrons. The molecule has 0 amide bonds. The second-order valence-electron chi connectivity index (χ2n) is 9.65. The largest absolute Gasteiger partial charge is 0.508 e. The Balaban J connectivity index is 1.56. The highest BCUT2D eigenvalue weighted by Gasteiger charge is 2.49. The summed E-state index contributed by atoms with van der Waals surface area (Å²) in [7, 11) is 0. The third kappa shape index (κ3) is 5.42. The van der Waals surface area contributed by atoms with Crippen molar-refractivity contribution in [1.29, 1.82) is 0 Å². The van der Waals surface area contributed by atoms with Crippen LogP contribution < -0.4 is 10.2 Å². The normalized spacial score (nSPS) is 32.2. The molecule has 0 bridgehead atoms. The Morgan fingerprint density at radius 1 is 0.854 bits per heavy atom. The minimum absolute atomic E-state index is 0.102. The molecule has 0 spiro atoms. The molecule has 2 fully saturated rings. The second-order valence-corrected chi connectivity index (χ2v) is 9.65. The predicted molar refractivity (Wildman–Crippen MR) is 134 cm³/mol. The zero-order valence-electron chi connectivity index (χ0n) is 21.0. The van der Waals surface area contributed by atoms with Gasteiger partial charge in [0, 0.05) is 17.7 Å². The zero-order chi connectivity index (χ0) is 29.6. The summed E-state index contributed by atoms with van der Waals surface area (Å²) < 4.78 is 28.1. The van der Waals surface area contributed by atoms with Gasteiger partial charge in [-0.05, 0) is 24.3 Å². The molecule has 3 heterocycles. The molecule has 0 saturated carbocycles. The van der Waals surface area contributed by atoms with Crippen LogP contribution in [0, 0.1) is 0 Å². The first-order valence-electron chi connectivity index (χ1n) is 12.4. The van der Waals surface area contributed by atoms with Crippen molar-refractivity contribution in [3.63, 3.8) is 0 Å².